The molecule has 0 amide bonds. The van der Waals surface area contributed by atoms with Crippen molar-refractivity contribution in [2.24, 2.45) is 24.1 Å². The first-order valence-electron chi connectivity index (χ1n) is 10.3. The Balaban J connectivity index is 0.00000205. The van der Waals surface area contributed by atoms with E-state index in [-0.39, 0.29) is 24.4 Å². The van der Waals surface area contributed by atoms with E-state index in [1.54, 1.807) is 22.5 Å². The third-order valence-corrected chi connectivity index (χ3v) is 8.15. The Labute approximate surface area is 177 Å². The molecule has 6 heteroatoms. The molecule has 1 aromatic heterocycles. The summed E-state index contributed by atoms with van der Waals surface area (Å²) in [6, 6.07) is 8.73. The first-order chi connectivity index (χ1) is 13.6. The Morgan fingerprint density at radius 3 is 2.66 bits per heavy atom. The Bertz CT molecular complexity index is 944. The zero-order valence-electron chi connectivity index (χ0n) is 16.4. The van der Waals surface area contributed by atoms with Gasteiger partial charge in [0.2, 0.25) is 5.95 Å². The standard InChI is InChI=1S/C22H28N4OS.CH4/c1-25-20(27)18(28-14-15-6-7-15)13-24-21(25)26-10-8-22(9-11-26)12-16-4-2-3-5-17(16)19(22)23;/h2-5,13,15,19H,6-12,14,23H2,1H3;1H4/t19-;/m1./s1. The number of nitrogens with zero attached hydrogens (tertiary/aromatic N) is 3. The topological polar surface area (TPSA) is 64.2 Å². The van der Waals surface area contributed by atoms with Crippen LogP contribution in [0, 0.1) is 11.3 Å². The minimum absolute atomic E-state index is 0. The summed E-state index contributed by atoms with van der Waals surface area (Å²) in [6.07, 6.45) is 7.54. The molecule has 1 aromatic carbocycles. The van der Waals surface area contributed by atoms with Crippen LogP contribution in [-0.4, -0.2) is 28.4 Å². The molecule has 1 saturated heterocycles. The molecule has 1 aliphatic heterocycles. The van der Waals surface area contributed by atoms with Crippen molar-refractivity contribution in [3.63, 3.8) is 0 Å². The molecule has 2 aromatic rings. The molecule has 29 heavy (non-hydrogen) atoms. The van der Waals surface area contributed by atoms with Crippen LogP contribution in [0.3, 0.4) is 0 Å². The summed E-state index contributed by atoms with van der Waals surface area (Å²) >= 11 is 1.66. The van der Waals surface area contributed by atoms with Crippen molar-refractivity contribution in [3.05, 3.63) is 51.9 Å². The van der Waals surface area contributed by atoms with Crippen LogP contribution >= 0.6 is 11.8 Å². The van der Waals surface area contributed by atoms with E-state index in [9.17, 15) is 4.79 Å². The first-order valence-corrected chi connectivity index (χ1v) is 11.3. The van der Waals surface area contributed by atoms with Gasteiger partial charge in [-0.05, 0) is 54.6 Å². The van der Waals surface area contributed by atoms with Gasteiger partial charge in [0.25, 0.3) is 5.56 Å². The van der Waals surface area contributed by atoms with E-state index in [0.717, 1.165) is 54.9 Å². The molecule has 1 saturated carbocycles. The SMILES string of the molecule is C.Cn1c(N2CCC3(CC2)Cc2ccccc2[C@H]3N)ncc(SCC2CC2)c1=O. The third kappa shape index (κ3) is 3.61. The van der Waals surface area contributed by atoms with Gasteiger partial charge in [0.15, 0.2) is 0 Å². The van der Waals surface area contributed by atoms with Crippen molar-refractivity contribution >= 4 is 17.7 Å². The maximum atomic E-state index is 12.8. The zero-order valence-corrected chi connectivity index (χ0v) is 17.3. The van der Waals surface area contributed by atoms with Crippen molar-refractivity contribution in [3.8, 4) is 0 Å². The average Bonchev–Trinajstić information content (AvgIpc) is 3.50. The number of hydrogen-bond donors (Lipinski definition) is 1. The zero-order chi connectivity index (χ0) is 19.3. The van der Waals surface area contributed by atoms with E-state index in [4.69, 9.17) is 5.73 Å². The summed E-state index contributed by atoms with van der Waals surface area (Å²) in [5, 5.41) is 0. The van der Waals surface area contributed by atoms with E-state index in [1.165, 1.54) is 24.0 Å². The number of hydrogen-bond acceptors (Lipinski definition) is 5. The van der Waals surface area contributed by atoms with Crippen LogP contribution in [0.15, 0.2) is 40.2 Å². The normalized spacial score (nSPS) is 22.4. The molecule has 1 atom stereocenters. The van der Waals surface area contributed by atoms with E-state index in [2.05, 4.69) is 34.1 Å². The van der Waals surface area contributed by atoms with Crippen LogP contribution in [0.2, 0.25) is 0 Å². The molecular formula is C23H32N4OS. The number of rotatable bonds is 4. The molecule has 3 aliphatic rings. The maximum Gasteiger partial charge on any atom is 0.268 e. The van der Waals surface area contributed by atoms with Crippen LogP contribution in [0.1, 0.15) is 50.3 Å². The van der Waals surface area contributed by atoms with Gasteiger partial charge in [-0.2, -0.15) is 0 Å². The van der Waals surface area contributed by atoms with E-state index >= 15 is 0 Å². The lowest BCUT2D eigenvalue weighted by molar-refractivity contribution is 0.186. The number of aromatic nitrogens is 2. The summed E-state index contributed by atoms with van der Waals surface area (Å²) in [6.45, 7) is 1.80. The van der Waals surface area contributed by atoms with Crippen LogP contribution in [0.25, 0.3) is 0 Å². The van der Waals surface area contributed by atoms with Crippen LogP contribution in [0.5, 0.6) is 0 Å². The minimum Gasteiger partial charge on any atom is -0.342 e. The van der Waals surface area contributed by atoms with Crippen molar-refractivity contribution in [2.75, 3.05) is 23.7 Å². The summed E-state index contributed by atoms with van der Waals surface area (Å²) in [5.41, 5.74) is 9.65. The second kappa shape index (κ2) is 7.80. The molecular weight excluding hydrogens is 380 g/mol. The van der Waals surface area contributed by atoms with Gasteiger partial charge in [-0.25, -0.2) is 4.98 Å². The number of anilines is 1. The molecule has 2 aliphatic carbocycles. The lowest BCUT2D eigenvalue weighted by atomic mass is 9.73. The van der Waals surface area contributed by atoms with Crippen molar-refractivity contribution in [2.45, 2.75) is 50.5 Å². The highest BCUT2D eigenvalue weighted by Gasteiger charge is 2.46. The van der Waals surface area contributed by atoms with Gasteiger partial charge in [-0.1, -0.05) is 31.7 Å². The largest absolute Gasteiger partial charge is 0.342 e. The number of nitrogens with two attached hydrogens (primary N) is 1. The molecule has 0 unspecified atom stereocenters. The van der Waals surface area contributed by atoms with Crippen LogP contribution in [0.4, 0.5) is 5.95 Å². The highest BCUT2D eigenvalue weighted by Crippen LogP contribution is 2.50. The first kappa shape index (κ1) is 20.5. The molecule has 2 fully saturated rings. The Hall–Kier alpha value is -1.79. The van der Waals surface area contributed by atoms with E-state index in [0.29, 0.717) is 0 Å². The third-order valence-electron chi connectivity index (χ3n) is 6.92. The minimum atomic E-state index is 0. The Morgan fingerprint density at radius 1 is 1.24 bits per heavy atom. The van der Waals surface area contributed by atoms with Crippen LogP contribution < -0.4 is 16.2 Å². The lowest BCUT2D eigenvalue weighted by Crippen LogP contribution is -2.46. The smallest absolute Gasteiger partial charge is 0.268 e. The second-order valence-electron chi connectivity index (χ2n) is 8.74. The van der Waals surface area contributed by atoms with Crippen molar-refractivity contribution < 1.29 is 0 Å². The van der Waals surface area contributed by atoms with Gasteiger partial charge >= 0.3 is 0 Å². The van der Waals surface area contributed by atoms with Gasteiger partial charge in [0.05, 0.1) is 4.90 Å². The highest BCUT2D eigenvalue weighted by atomic mass is 32.2. The number of piperidine rings is 1. The molecule has 2 N–H and O–H groups in total. The Morgan fingerprint density at radius 2 is 1.97 bits per heavy atom. The summed E-state index contributed by atoms with van der Waals surface area (Å²) in [5.74, 6) is 2.63. The monoisotopic (exact) mass is 412 g/mol. The molecule has 0 radical (unpaired) electrons. The number of thioether (sulfide) groups is 1. The predicted molar refractivity (Wildman–Crippen MR) is 121 cm³/mol. The Kier molecular flexibility index (Phi) is 5.51. The molecule has 1 spiro atoms. The quantitative estimate of drug-likeness (QED) is 0.775. The fourth-order valence-corrected chi connectivity index (χ4v) is 5.99. The fraction of sp³-hybridized carbons (Fsp3) is 0.565. The molecule has 0 bridgehead atoms. The highest BCUT2D eigenvalue weighted by molar-refractivity contribution is 7.99. The van der Waals surface area contributed by atoms with Crippen molar-refractivity contribution in [1.82, 2.24) is 9.55 Å². The van der Waals surface area contributed by atoms with E-state index in [1.807, 2.05) is 7.05 Å². The lowest BCUT2D eigenvalue weighted by Gasteiger charge is -2.42. The van der Waals surface area contributed by atoms with Gasteiger partial charge in [-0.15, -0.1) is 11.8 Å². The van der Waals surface area contributed by atoms with Gasteiger partial charge in [0, 0.05) is 38.1 Å². The van der Waals surface area contributed by atoms with Crippen LogP contribution in [-0.2, 0) is 13.5 Å². The van der Waals surface area contributed by atoms with E-state index < -0.39 is 0 Å². The second-order valence-corrected chi connectivity index (χ2v) is 9.81. The van der Waals surface area contributed by atoms with Crippen molar-refractivity contribution in [1.29, 1.82) is 0 Å². The van der Waals surface area contributed by atoms with Gasteiger partial charge in [-0.3, -0.25) is 9.36 Å². The van der Waals surface area contributed by atoms with Gasteiger partial charge in [0.1, 0.15) is 0 Å². The van der Waals surface area contributed by atoms with Gasteiger partial charge < -0.3 is 10.6 Å². The summed E-state index contributed by atoms with van der Waals surface area (Å²) < 4.78 is 1.73. The molecule has 156 valence electrons. The predicted octanol–water partition coefficient (Wildman–Crippen LogP) is 3.76. The molecule has 5 rings (SSSR count). The number of benzene rings is 1. The summed E-state index contributed by atoms with van der Waals surface area (Å²) in [4.78, 5) is 20.5. The molecule has 2 heterocycles. The maximum absolute atomic E-state index is 12.8. The fourth-order valence-electron chi connectivity index (χ4n) is 4.86. The summed E-state index contributed by atoms with van der Waals surface area (Å²) in [7, 11) is 1.85. The number of fused-ring (bicyclic) bond motifs is 1. The average molecular weight is 413 g/mol. The molecule has 5 nitrogen and oxygen atoms in total.